The molecular formula is C26H28N4O3. The molecule has 0 aliphatic carbocycles. The zero-order valence-corrected chi connectivity index (χ0v) is 18.7. The lowest BCUT2D eigenvalue weighted by molar-refractivity contribution is -0.122. The number of benzene rings is 2. The number of nitrogens with zero attached hydrogens (tertiary/aromatic N) is 2. The van der Waals surface area contributed by atoms with Crippen molar-refractivity contribution in [2.45, 2.75) is 26.4 Å². The molecule has 33 heavy (non-hydrogen) atoms. The Morgan fingerprint density at radius 3 is 2.70 bits per heavy atom. The van der Waals surface area contributed by atoms with Crippen LogP contribution in [0.4, 0.5) is 0 Å². The molecule has 4 rings (SSSR count). The maximum atomic E-state index is 12.6. The second-order valence-corrected chi connectivity index (χ2v) is 7.97. The third-order valence-corrected chi connectivity index (χ3v) is 5.48. The minimum Gasteiger partial charge on any atom is -0.484 e. The highest BCUT2D eigenvalue weighted by atomic mass is 16.5. The van der Waals surface area contributed by atoms with Crippen LogP contribution in [0.5, 0.6) is 5.75 Å². The van der Waals surface area contributed by atoms with Crippen LogP contribution in [0.3, 0.4) is 0 Å². The van der Waals surface area contributed by atoms with Crippen LogP contribution in [0, 0.1) is 0 Å². The van der Waals surface area contributed by atoms with E-state index < -0.39 is 0 Å². The molecule has 1 aliphatic rings. The molecule has 0 fully saturated rings. The summed E-state index contributed by atoms with van der Waals surface area (Å²) in [4.78, 5) is 34.0. The molecule has 2 N–H and O–H groups in total. The van der Waals surface area contributed by atoms with Crippen LogP contribution in [0.15, 0.2) is 59.4 Å². The van der Waals surface area contributed by atoms with Gasteiger partial charge >= 0.3 is 0 Å². The van der Waals surface area contributed by atoms with Gasteiger partial charge in [0.15, 0.2) is 6.61 Å². The van der Waals surface area contributed by atoms with Gasteiger partial charge in [-0.05, 0) is 42.7 Å². The quantitative estimate of drug-likeness (QED) is 0.558. The smallest absolute Gasteiger partial charge is 0.257 e. The van der Waals surface area contributed by atoms with E-state index in [1.165, 1.54) is 5.56 Å². The molecule has 2 aromatic carbocycles. The van der Waals surface area contributed by atoms with Gasteiger partial charge in [-0.3, -0.25) is 14.5 Å². The summed E-state index contributed by atoms with van der Waals surface area (Å²) in [6, 6.07) is 17.7. The number of fused-ring (bicyclic) bond motifs is 1. The highest BCUT2D eigenvalue weighted by molar-refractivity contribution is 5.77. The van der Waals surface area contributed by atoms with Crippen LogP contribution in [0.25, 0.3) is 12.2 Å². The number of carbonyl (C=O) groups is 1. The molecule has 1 aliphatic heterocycles. The van der Waals surface area contributed by atoms with E-state index in [0.717, 1.165) is 29.9 Å². The van der Waals surface area contributed by atoms with Gasteiger partial charge in [0.25, 0.3) is 11.5 Å². The van der Waals surface area contributed by atoms with Crippen LogP contribution in [-0.4, -0.2) is 40.5 Å². The molecule has 0 spiro atoms. The number of amides is 1. The number of rotatable bonds is 8. The highest BCUT2D eigenvalue weighted by Crippen LogP contribution is 2.18. The van der Waals surface area contributed by atoms with Gasteiger partial charge in [0.1, 0.15) is 11.6 Å². The topological polar surface area (TPSA) is 87.3 Å². The molecule has 1 amide bonds. The zero-order valence-electron chi connectivity index (χ0n) is 18.7. The molecule has 0 saturated heterocycles. The minimum atomic E-state index is -0.147. The minimum absolute atomic E-state index is 0.00933. The number of hydrogen-bond donors (Lipinski definition) is 2. The fourth-order valence-electron chi connectivity index (χ4n) is 3.82. The Morgan fingerprint density at radius 1 is 1.15 bits per heavy atom. The Hall–Kier alpha value is -3.71. The molecule has 1 aromatic heterocycles. The average molecular weight is 445 g/mol. The summed E-state index contributed by atoms with van der Waals surface area (Å²) in [7, 11) is 0. The molecule has 0 saturated carbocycles. The third kappa shape index (κ3) is 6.17. The number of ether oxygens (including phenoxy) is 1. The van der Waals surface area contributed by atoms with Crippen molar-refractivity contribution >= 4 is 18.1 Å². The molecule has 3 aromatic rings. The first-order valence-corrected chi connectivity index (χ1v) is 11.2. The Bertz CT molecular complexity index is 1170. The van der Waals surface area contributed by atoms with Gasteiger partial charge in [-0.15, -0.1) is 0 Å². The van der Waals surface area contributed by atoms with Crippen LogP contribution >= 0.6 is 0 Å². The van der Waals surface area contributed by atoms with Crippen LogP contribution < -0.4 is 15.6 Å². The van der Waals surface area contributed by atoms with Crippen LogP contribution in [0.2, 0.25) is 0 Å². The molecule has 0 bridgehead atoms. The first kappa shape index (κ1) is 22.5. The average Bonchev–Trinajstić information content (AvgIpc) is 2.83. The van der Waals surface area contributed by atoms with Gasteiger partial charge in [-0.25, -0.2) is 4.98 Å². The monoisotopic (exact) mass is 444 g/mol. The van der Waals surface area contributed by atoms with E-state index in [9.17, 15) is 9.59 Å². The number of carbonyl (C=O) groups excluding carboxylic acids is 1. The van der Waals surface area contributed by atoms with E-state index in [-0.39, 0.29) is 18.1 Å². The number of hydrogen-bond acceptors (Lipinski definition) is 5. The molecule has 0 unspecified atom stereocenters. The van der Waals surface area contributed by atoms with Gasteiger partial charge in [-0.1, -0.05) is 48.5 Å². The normalized spacial score (nSPS) is 13.6. The molecule has 0 radical (unpaired) electrons. The fourth-order valence-corrected chi connectivity index (χ4v) is 3.82. The summed E-state index contributed by atoms with van der Waals surface area (Å²) in [5, 5.41) is 2.69. The summed E-state index contributed by atoms with van der Waals surface area (Å²) in [5.41, 5.74) is 3.75. The number of likely N-dealkylation sites (N-methyl/N-ethyl adjacent to an activating group) is 1. The lowest BCUT2D eigenvalue weighted by Gasteiger charge is -2.27. The Morgan fingerprint density at radius 2 is 1.94 bits per heavy atom. The van der Waals surface area contributed by atoms with Gasteiger partial charge in [0, 0.05) is 31.7 Å². The summed E-state index contributed by atoms with van der Waals surface area (Å²) < 4.78 is 5.47. The van der Waals surface area contributed by atoms with Gasteiger partial charge < -0.3 is 15.0 Å². The van der Waals surface area contributed by atoms with E-state index in [1.807, 2.05) is 61.5 Å². The SMILES string of the molecule is CCNC(=O)COc1ccc(C=Cc2nc3c(c(=O)[nH]2)CCN(Cc2ccccc2)C3)cc1. The van der Waals surface area contributed by atoms with Gasteiger partial charge in [-0.2, -0.15) is 0 Å². The standard InChI is InChI=1S/C26H28N4O3/c1-2-27-25(31)18-33-21-11-8-19(9-12-21)10-13-24-28-23-17-30(15-14-22(23)26(32)29-24)16-20-6-4-3-5-7-20/h3-13H,2,14-18H2,1H3,(H,27,31)(H,28,29,32). The highest BCUT2D eigenvalue weighted by Gasteiger charge is 2.20. The lowest BCUT2D eigenvalue weighted by atomic mass is 10.1. The summed E-state index contributed by atoms with van der Waals surface area (Å²) in [6.07, 6.45) is 4.40. The summed E-state index contributed by atoms with van der Waals surface area (Å²) in [6.45, 7) is 4.78. The molecular weight excluding hydrogens is 416 g/mol. The first-order chi connectivity index (χ1) is 16.1. The van der Waals surface area contributed by atoms with E-state index in [2.05, 4.69) is 27.3 Å². The molecule has 2 heterocycles. The summed E-state index contributed by atoms with van der Waals surface area (Å²) >= 11 is 0. The Labute approximate surface area is 193 Å². The predicted molar refractivity (Wildman–Crippen MR) is 129 cm³/mol. The first-order valence-electron chi connectivity index (χ1n) is 11.2. The second kappa shape index (κ2) is 10.7. The van der Waals surface area contributed by atoms with E-state index in [1.54, 1.807) is 0 Å². The number of aromatic amines is 1. The predicted octanol–water partition coefficient (Wildman–Crippen LogP) is 3.01. The number of aromatic nitrogens is 2. The van der Waals surface area contributed by atoms with Crippen molar-refractivity contribution in [2.75, 3.05) is 19.7 Å². The van der Waals surface area contributed by atoms with Crippen molar-refractivity contribution in [3.05, 3.63) is 93.2 Å². The van der Waals surface area contributed by atoms with Crippen molar-refractivity contribution in [3.8, 4) is 5.75 Å². The maximum Gasteiger partial charge on any atom is 0.257 e. The van der Waals surface area contributed by atoms with Crippen LogP contribution in [0.1, 0.15) is 35.1 Å². The maximum absolute atomic E-state index is 12.6. The largest absolute Gasteiger partial charge is 0.484 e. The van der Waals surface area contributed by atoms with Crippen molar-refractivity contribution in [1.82, 2.24) is 20.2 Å². The molecule has 7 heteroatoms. The van der Waals surface area contributed by atoms with Gasteiger partial charge in [0.2, 0.25) is 0 Å². The van der Waals surface area contributed by atoms with Gasteiger partial charge in [0.05, 0.1) is 5.69 Å². The van der Waals surface area contributed by atoms with E-state index in [4.69, 9.17) is 9.72 Å². The molecule has 0 atom stereocenters. The van der Waals surface area contributed by atoms with Crippen molar-refractivity contribution < 1.29 is 9.53 Å². The van der Waals surface area contributed by atoms with Crippen molar-refractivity contribution in [1.29, 1.82) is 0 Å². The Balaban J connectivity index is 1.41. The Kier molecular flexibility index (Phi) is 7.32. The number of H-pyrrole nitrogens is 1. The van der Waals surface area contributed by atoms with E-state index >= 15 is 0 Å². The zero-order chi connectivity index (χ0) is 23.0. The molecule has 7 nitrogen and oxygen atoms in total. The van der Waals surface area contributed by atoms with Crippen molar-refractivity contribution in [3.63, 3.8) is 0 Å². The fraction of sp³-hybridized carbons (Fsp3) is 0.269. The van der Waals surface area contributed by atoms with E-state index in [0.29, 0.717) is 31.1 Å². The summed E-state index contributed by atoms with van der Waals surface area (Å²) in [5.74, 6) is 1.01. The number of nitrogens with one attached hydrogen (secondary N) is 2. The van der Waals surface area contributed by atoms with Crippen molar-refractivity contribution in [2.24, 2.45) is 0 Å². The third-order valence-electron chi connectivity index (χ3n) is 5.48. The molecule has 170 valence electrons. The second-order valence-electron chi connectivity index (χ2n) is 7.97. The van der Waals surface area contributed by atoms with Crippen LogP contribution in [-0.2, 0) is 24.3 Å². The lowest BCUT2D eigenvalue weighted by Crippen LogP contribution is -2.35.